The molecular weight excluding hydrogens is 485 g/mol. The number of anilines is 1. The zero-order chi connectivity index (χ0) is 25.8. The lowest BCUT2D eigenvalue weighted by Crippen LogP contribution is -2.50. The van der Waals surface area contributed by atoms with Crippen molar-refractivity contribution in [1.29, 1.82) is 0 Å². The van der Waals surface area contributed by atoms with Gasteiger partial charge >= 0.3 is 12.3 Å². The van der Waals surface area contributed by atoms with Crippen LogP contribution in [0.25, 0.3) is 0 Å². The van der Waals surface area contributed by atoms with Gasteiger partial charge in [0.2, 0.25) is 5.60 Å². The highest BCUT2D eigenvalue weighted by Gasteiger charge is 2.57. The SMILES string of the molecule is CC(C)(C)OC(=O)N1C[C@](C)(NS(=O)C(C)(C)C)c2cc(C(O)(CN)C(F)(F)F)nc(Cl)c21. The van der Waals surface area contributed by atoms with Crippen molar-refractivity contribution in [2.24, 2.45) is 5.73 Å². The number of halogens is 4. The zero-order valence-electron chi connectivity index (χ0n) is 19.6. The summed E-state index contributed by atoms with van der Waals surface area (Å²) >= 11 is 6.27. The normalized spacial score (nSPS) is 22.0. The van der Waals surface area contributed by atoms with Gasteiger partial charge in [0.25, 0.3) is 0 Å². The van der Waals surface area contributed by atoms with Gasteiger partial charge in [-0.3, -0.25) is 4.90 Å². The smallest absolute Gasteiger partial charge is 0.424 e. The topological polar surface area (TPSA) is 118 Å². The van der Waals surface area contributed by atoms with E-state index in [4.69, 9.17) is 22.1 Å². The van der Waals surface area contributed by atoms with Crippen molar-refractivity contribution in [3.05, 3.63) is 22.5 Å². The molecule has 4 N–H and O–H groups in total. The standard InChI is InChI=1S/C20H30ClF3N4O4S/c1-16(2,3)32-15(29)28-10-18(7,27-33(31)17(4,5)6)11-8-12(26-14(21)13(11)28)19(30,9-25)20(22,23)24/h8,27,30H,9-10,25H2,1-7H3/t18-,19?,33?/m0/s1. The van der Waals surface area contributed by atoms with E-state index >= 15 is 0 Å². The second-order valence-corrected chi connectivity index (χ2v) is 12.5. The maximum atomic E-state index is 13.7. The predicted octanol–water partition coefficient (Wildman–Crippen LogP) is 3.47. The van der Waals surface area contributed by atoms with E-state index < -0.39 is 62.1 Å². The van der Waals surface area contributed by atoms with Gasteiger partial charge in [-0.05, 0) is 54.5 Å². The largest absolute Gasteiger partial charge is 0.443 e. The molecule has 2 rings (SSSR count). The van der Waals surface area contributed by atoms with E-state index in [0.29, 0.717) is 0 Å². The highest BCUT2D eigenvalue weighted by molar-refractivity contribution is 7.84. The molecule has 0 fully saturated rings. The molecule has 1 aliphatic heterocycles. The Hall–Kier alpha value is -1.47. The van der Waals surface area contributed by atoms with Crippen LogP contribution < -0.4 is 15.4 Å². The summed E-state index contributed by atoms with van der Waals surface area (Å²) in [6.07, 6.45) is -5.95. The number of carbonyl (C=O) groups excluding carboxylic acids is 1. The molecule has 1 amide bonds. The van der Waals surface area contributed by atoms with Crippen molar-refractivity contribution in [1.82, 2.24) is 9.71 Å². The van der Waals surface area contributed by atoms with Gasteiger partial charge in [-0.25, -0.2) is 18.7 Å². The Morgan fingerprint density at radius 1 is 1.33 bits per heavy atom. The van der Waals surface area contributed by atoms with Gasteiger partial charge in [0.05, 0.1) is 39.2 Å². The second-order valence-electron chi connectivity index (χ2n) is 10.1. The van der Waals surface area contributed by atoms with Gasteiger partial charge in [-0.2, -0.15) is 13.2 Å². The monoisotopic (exact) mass is 514 g/mol. The molecule has 1 aromatic heterocycles. The average Bonchev–Trinajstić information content (AvgIpc) is 2.91. The number of rotatable bonds is 4. The fourth-order valence-electron chi connectivity index (χ4n) is 3.16. The van der Waals surface area contributed by atoms with Crippen LogP contribution in [0, 0.1) is 0 Å². The van der Waals surface area contributed by atoms with Gasteiger partial charge in [0.1, 0.15) is 5.60 Å². The first-order chi connectivity index (χ1) is 14.7. The van der Waals surface area contributed by atoms with Crippen molar-refractivity contribution in [3.63, 3.8) is 0 Å². The highest BCUT2D eigenvalue weighted by Crippen LogP contribution is 2.47. The molecule has 0 aliphatic carbocycles. The van der Waals surface area contributed by atoms with E-state index in [1.165, 1.54) is 0 Å². The van der Waals surface area contributed by atoms with Crippen LogP contribution in [-0.2, 0) is 26.9 Å². The van der Waals surface area contributed by atoms with Crippen LogP contribution in [0.2, 0.25) is 5.15 Å². The maximum absolute atomic E-state index is 13.7. The van der Waals surface area contributed by atoms with Crippen molar-refractivity contribution >= 4 is 34.4 Å². The lowest BCUT2D eigenvalue weighted by molar-refractivity contribution is -0.263. The van der Waals surface area contributed by atoms with Crippen molar-refractivity contribution < 1.29 is 32.0 Å². The Morgan fingerprint density at radius 2 is 1.88 bits per heavy atom. The molecule has 0 saturated carbocycles. The first-order valence-corrected chi connectivity index (χ1v) is 11.6. The molecule has 1 aromatic rings. The van der Waals surface area contributed by atoms with E-state index in [9.17, 15) is 27.3 Å². The molecule has 8 nitrogen and oxygen atoms in total. The Labute approximate surface area is 198 Å². The maximum Gasteiger partial charge on any atom is 0.424 e. The Bertz CT molecular complexity index is 964. The van der Waals surface area contributed by atoms with Crippen LogP contribution in [0.4, 0.5) is 23.7 Å². The molecule has 3 atom stereocenters. The summed E-state index contributed by atoms with van der Waals surface area (Å²) in [7, 11) is -1.68. The second kappa shape index (κ2) is 8.63. The van der Waals surface area contributed by atoms with E-state index in [0.717, 1.165) is 11.0 Å². The van der Waals surface area contributed by atoms with Crippen molar-refractivity contribution in [3.8, 4) is 0 Å². The van der Waals surface area contributed by atoms with Crippen LogP contribution in [0.1, 0.15) is 59.7 Å². The number of aliphatic hydroxyl groups is 1. The summed E-state index contributed by atoms with van der Waals surface area (Å²) in [5.41, 5.74) is -1.13. The minimum Gasteiger partial charge on any atom is -0.443 e. The van der Waals surface area contributed by atoms with Gasteiger partial charge in [0.15, 0.2) is 5.15 Å². The minimum atomic E-state index is -5.15. The number of nitrogens with two attached hydrogens (primary N) is 1. The third-order valence-electron chi connectivity index (χ3n) is 4.97. The summed E-state index contributed by atoms with van der Waals surface area (Å²) in [6, 6.07) is 0.985. The highest BCUT2D eigenvalue weighted by atomic mass is 35.5. The number of nitrogens with one attached hydrogen (secondary N) is 1. The number of hydrogen-bond donors (Lipinski definition) is 3. The van der Waals surface area contributed by atoms with Gasteiger partial charge in [0, 0.05) is 12.1 Å². The van der Waals surface area contributed by atoms with Crippen LogP contribution in [0.5, 0.6) is 0 Å². The first-order valence-electron chi connectivity index (χ1n) is 10.1. The molecular formula is C20H30ClF3N4O4S. The lowest BCUT2D eigenvalue weighted by atomic mass is 9.91. The Kier molecular flexibility index (Phi) is 7.27. The third-order valence-corrected chi connectivity index (χ3v) is 6.98. The minimum absolute atomic E-state index is 0.00267. The molecule has 188 valence electrons. The number of alkyl halides is 3. The third kappa shape index (κ3) is 5.45. The average molecular weight is 515 g/mol. The zero-order valence-corrected chi connectivity index (χ0v) is 21.1. The van der Waals surface area contributed by atoms with Gasteiger partial charge < -0.3 is 15.6 Å². The fourth-order valence-corrected chi connectivity index (χ4v) is 4.34. The molecule has 1 aliphatic rings. The first kappa shape index (κ1) is 27.8. The van der Waals surface area contributed by atoms with Crippen molar-refractivity contribution in [2.45, 2.75) is 76.1 Å². The van der Waals surface area contributed by atoms with E-state index in [2.05, 4.69) is 9.71 Å². The van der Waals surface area contributed by atoms with Crippen LogP contribution in [-0.4, -0.2) is 50.0 Å². The van der Waals surface area contributed by atoms with Gasteiger partial charge in [-0.15, -0.1) is 0 Å². The predicted molar refractivity (Wildman–Crippen MR) is 120 cm³/mol. The molecule has 0 bridgehead atoms. The van der Waals surface area contributed by atoms with Crippen LogP contribution >= 0.6 is 11.6 Å². The molecule has 0 radical (unpaired) electrons. The van der Waals surface area contributed by atoms with Crippen LogP contribution in [0.15, 0.2) is 6.07 Å². The number of fused-ring (bicyclic) bond motifs is 1. The summed E-state index contributed by atoms with van der Waals surface area (Å²) in [4.78, 5) is 17.8. The van der Waals surface area contributed by atoms with Crippen molar-refractivity contribution in [2.75, 3.05) is 18.0 Å². The number of amides is 1. The summed E-state index contributed by atoms with van der Waals surface area (Å²) in [6.45, 7) is 10.3. The quantitative estimate of drug-likeness (QED) is 0.530. The number of aromatic nitrogens is 1. The molecule has 0 aromatic carbocycles. The summed E-state index contributed by atoms with van der Waals surface area (Å²) in [5.74, 6) is 0. The molecule has 33 heavy (non-hydrogen) atoms. The molecule has 2 unspecified atom stereocenters. The molecule has 0 spiro atoms. The number of carbonyl (C=O) groups is 1. The molecule has 0 saturated heterocycles. The van der Waals surface area contributed by atoms with E-state index in [-0.39, 0.29) is 17.8 Å². The summed E-state index contributed by atoms with van der Waals surface area (Å²) in [5, 5.41) is 9.87. The molecule has 13 heteroatoms. The Morgan fingerprint density at radius 3 is 2.30 bits per heavy atom. The molecule has 2 heterocycles. The number of hydrogen-bond acceptors (Lipinski definition) is 6. The van der Waals surface area contributed by atoms with E-state index in [1.807, 2.05) is 0 Å². The summed E-state index contributed by atoms with van der Waals surface area (Å²) < 4.78 is 61.5. The van der Waals surface area contributed by atoms with Gasteiger partial charge in [-0.1, -0.05) is 11.6 Å². The van der Waals surface area contributed by atoms with Crippen LogP contribution in [0.3, 0.4) is 0 Å². The lowest BCUT2D eigenvalue weighted by Gasteiger charge is -2.32. The number of nitrogens with zero attached hydrogens (tertiary/aromatic N) is 2. The number of ether oxygens (including phenoxy) is 1. The fraction of sp³-hybridized carbons (Fsp3) is 0.700. The number of pyridine rings is 1. The Balaban J connectivity index is 2.74. The van der Waals surface area contributed by atoms with E-state index in [1.54, 1.807) is 48.5 Å².